The van der Waals surface area contributed by atoms with Crippen LogP contribution in [0.5, 0.6) is 0 Å². The predicted molar refractivity (Wildman–Crippen MR) is 54.5 cm³/mol. The fraction of sp³-hybridized carbons (Fsp3) is 0.333. The first kappa shape index (κ1) is 10.6. The molecular formula is C9H13N3O2. The number of benzene rings is 1. The van der Waals surface area contributed by atoms with Crippen LogP contribution in [-0.2, 0) is 18.0 Å². The van der Waals surface area contributed by atoms with Gasteiger partial charge in [-0.3, -0.25) is 4.84 Å². The van der Waals surface area contributed by atoms with Crippen molar-refractivity contribution in [3.63, 3.8) is 0 Å². The van der Waals surface area contributed by atoms with Crippen LogP contribution in [0.2, 0.25) is 0 Å². The molecule has 0 saturated heterocycles. The van der Waals surface area contributed by atoms with Crippen molar-refractivity contribution in [2.24, 2.45) is 11.1 Å². The lowest BCUT2D eigenvalue weighted by molar-refractivity contribution is 0.124. The van der Waals surface area contributed by atoms with Crippen molar-refractivity contribution < 1.29 is 4.84 Å². The molecular weight excluding hydrogens is 182 g/mol. The molecule has 1 aromatic carbocycles. The van der Waals surface area contributed by atoms with Crippen LogP contribution in [0.25, 0.3) is 0 Å². The van der Waals surface area contributed by atoms with Gasteiger partial charge in [0.2, 0.25) is 0 Å². The summed E-state index contributed by atoms with van der Waals surface area (Å²) in [4.78, 5) is 14.6. The van der Waals surface area contributed by atoms with E-state index in [1.165, 1.54) is 0 Å². The van der Waals surface area contributed by atoms with Gasteiger partial charge in [-0.15, -0.1) is 0 Å². The lowest BCUT2D eigenvalue weighted by Gasteiger charge is -2.06. The Hall–Kier alpha value is -1.46. The summed E-state index contributed by atoms with van der Waals surface area (Å²) >= 11 is 0. The number of nitrogens with one attached hydrogen (secondary N) is 1. The third-order valence-electron chi connectivity index (χ3n) is 1.84. The number of hydrogen-bond donors (Lipinski definition) is 2. The summed E-state index contributed by atoms with van der Waals surface area (Å²) < 4.78 is 0. The molecule has 0 saturated carbocycles. The number of hydrogen-bond acceptors (Lipinski definition) is 5. The summed E-state index contributed by atoms with van der Waals surface area (Å²) in [7, 11) is 1.81. The van der Waals surface area contributed by atoms with E-state index in [9.17, 15) is 4.91 Å². The fourth-order valence-electron chi connectivity index (χ4n) is 1.25. The average Bonchev–Trinajstić information content (AvgIpc) is 2.18. The lowest BCUT2D eigenvalue weighted by atomic mass is 10.1. The zero-order chi connectivity index (χ0) is 10.4. The van der Waals surface area contributed by atoms with Gasteiger partial charge in [0.25, 0.3) is 0 Å². The molecule has 5 nitrogen and oxygen atoms in total. The second-order valence-corrected chi connectivity index (χ2v) is 2.89. The molecule has 14 heavy (non-hydrogen) atoms. The van der Waals surface area contributed by atoms with Crippen LogP contribution in [0, 0.1) is 4.91 Å². The molecule has 3 N–H and O–H groups in total. The minimum atomic E-state index is 0.160. The van der Waals surface area contributed by atoms with Crippen LogP contribution < -0.4 is 11.2 Å². The maximum atomic E-state index is 10.1. The lowest BCUT2D eigenvalue weighted by Crippen LogP contribution is -2.01. The molecule has 0 aliphatic heterocycles. The highest BCUT2D eigenvalue weighted by Gasteiger charge is 2.00. The van der Waals surface area contributed by atoms with E-state index in [1.807, 2.05) is 18.2 Å². The summed E-state index contributed by atoms with van der Waals surface area (Å²) in [6.07, 6.45) is 0. The highest BCUT2D eigenvalue weighted by Crippen LogP contribution is 2.15. The van der Waals surface area contributed by atoms with Gasteiger partial charge >= 0.3 is 0 Å². The minimum absolute atomic E-state index is 0.160. The van der Waals surface area contributed by atoms with Gasteiger partial charge in [0.05, 0.1) is 6.61 Å². The van der Waals surface area contributed by atoms with Crippen molar-refractivity contribution >= 4 is 5.69 Å². The molecule has 1 aromatic rings. The Morgan fingerprint density at radius 1 is 1.43 bits per heavy atom. The minimum Gasteiger partial charge on any atom is -0.388 e. The summed E-state index contributed by atoms with van der Waals surface area (Å²) in [5.74, 6) is 4.97. The van der Waals surface area contributed by atoms with E-state index in [4.69, 9.17) is 5.90 Å². The van der Waals surface area contributed by atoms with E-state index in [0.29, 0.717) is 6.61 Å². The first-order valence-corrected chi connectivity index (χ1v) is 4.21. The normalized spacial score (nSPS) is 9.86. The Kier molecular flexibility index (Phi) is 4.03. The van der Waals surface area contributed by atoms with Crippen LogP contribution in [0.3, 0.4) is 0 Å². The number of nitroso groups, excluding NO2 is 1. The van der Waals surface area contributed by atoms with E-state index >= 15 is 0 Å². The Balaban J connectivity index is 2.93. The summed E-state index contributed by atoms with van der Waals surface area (Å²) in [6, 6.07) is 5.61. The molecule has 5 heteroatoms. The van der Waals surface area contributed by atoms with Crippen molar-refractivity contribution in [3.8, 4) is 0 Å². The molecule has 0 unspecified atom stereocenters. The van der Waals surface area contributed by atoms with E-state index in [1.54, 1.807) is 7.05 Å². The smallest absolute Gasteiger partial charge is 0.106 e. The average molecular weight is 195 g/mol. The summed E-state index contributed by atoms with van der Waals surface area (Å²) in [5, 5.41) is 5.82. The van der Waals surface area contributed by atoms with Gasteiger partial charge < -0.3 is 5.32 Å². The Morgan fingerprint density at radius 3 is 2.71 bits per heavy atom. The van der Waals surface area contributed by atoms with Gasteiger partial charge in [-0.1, -0.05) is 11.2 Å². The fourth-order valence-corrected chi connectivity index (χ4v) is 1.25. The molecule has 0 amide bonds. The zero-order valence-corrected chi connectivity index (χ0v) is 7.99. The standard InChI is InChI=1S/C9H13N3O2/c1-11-9-3-7(5-12-13)2-8(4-9)6-14-10/h2-4,11H,5-6,10H2,1H3. The van der Waals surface area contributed by atoms with E-state index in [2.05, 4.69) is 15.3 Å². The topological polar surface area (TPSA) is 76.7 Å². The Morgan fingerprint density at radius 2 is 2.14 bits per heavy atom. The first-order valence-electron chi connectivity index (χ1n) is 4.21. The quantitative estimate of drug-likeness (QED) is 0.549. The van der Waals surface area contributed by atoms with E-state index < -0.39 is 0 Å². The van der Waals surface area contributed by atoms with E-state index in [-0.39, 0.29) is 6.54 Å². The molecule has 0 bridgehead atoms. The monoisotopic (exact) mass is 195 g/mol. The molecule has 0 fully saturated rings. The van der Waals surface area contributed by atoms with Crippen LogP contribution in [0.1, 0.15) is 11.1 Å². The largest absolute Gasteiger partial charge is 0.388 e. The summed E-state index contributed by atoms with van der Waals surface area (Å²) in [6.45, 7) is 0.481. The SMILES string of the molecule is CNc1cc(CN=O)cc(CON)c1. The molecule has 0 aliphatic carbocycles. The van der Waals surface area contributed by atoms with Crippen molar-refractivity contribution in [1.82, 2.24) is 0 Å². The van der Waals surface area contributed by atoms with Crippen LogP contribution in [0.4, 0.5) is 5.69 Å². The number of nitrogens with zero attached hydrogens (tertiary/aromatic N) is 1. The van der Waals surface area contributed by atoms with E-state index in [0.717, 1.165) is 16.8 Å². The molecule has 0 heterocycles. The molecule has 76 valence electrons. The number of nitrogens with two attached hydrogens (primary N) is 1. The predicted octanol–water partition coefficient (Wildman–Crippen LogP) is 1.39. The third kappa shape index (κ3) is 2.79. The molecule has 0 aliphatic rings. The third-order valence-corrected chi connectivity index (χ3v) is 1.84. The van der Waals surface area contributed by atoms with Gasteiger partial charge in [-0.05, 0) is 23.3 Å². The molecule has 1 rings (SSSR count). The maximum Gasteiger partial charge on any atom is 0.106 e. The van der Waals surface area contributed by atoms with Crippen LogP contribution >= 0.6 is 0 Å². The van der Waals surface area contributed by atoms with Crippen LogP contribution in [-0.4, -0.2) is 7.05 Å². The second-order valence-electron chi connectivity index (χ2n) is 2.89. The van der Waals surface area contributed by atoms with Gasteiger partial charge in [0, 0.05) is 12.7 Å². The van der Waals surface area contributed by atoms with Gasteiger partial charge in [0.15, 0.2) is 0 Å². The van der Waals surface area contributed by atoms with Crippen molar-refractivity contribution in [2.75, 3.05) is 12.4 Å². The van der Waals surface area contributed by atoms with Gasteiger partial charge in [-0.25, -0.2) is 5.90 Å². The highest BCUT2D eigenvalue weighted by molar-refractivity contribution is 5.48. The van der Waals surface area contributed by atoms with Crippen molar-refractivity contribution in [2.45, 2.75) is 13.2 Å². The first-order chi connectivity index (χ1) is 6.80. The van der Waals surface area contributed by atoms with Gasteiger partial charge in [0.1, 0.15) is 6.54 Å². The molecule has 0 atom stereocenters. The Bertz CT molecular complexity index is 315. The zero-order valence-electron chi connectivity index (χ0n) is 7.99. The van der Waals surface area contributed by atoms with Crippen molar-refractivity contribution in [3.05, 3.63) is 34.2 Å². The number of rotatable bonds is 5. The Labute approximate surface area is 82.2 Å². The molecule has 0 spiro atoms. The second kappa shape index (κ2) is 5.31. The van der Waals surface area contributed by atoms with Crippen LogP contribution in [0.15, 0.2) is 23.4 Å². The maximum absolute atomic E-state index is 10.1. The summed E-state index contributed by atoms with van der Waals surface area (Å²) in [5.41, 5.74) is 2.68. The van der Waals surface area contributed by atoms with Gasteiger partial charge in [-0.2, -0.15) is 4.91 Å². The van der Waals surface area contributed by atoms with Crippen molar-refractivity contribution in [1.29, 1.82) is 0 Å². The molecule has 0 radical (unpaired) electrons. The number of anilines is 1. The molecule has 0 aromatic heterocycles. The highest BCUT2D eigenvalue weighted by atomic mass is 16.6.